The van der Waals surface area contributed by atoms with Crippen LogP contribution in [0.1, 0.15) is 13.8 Å². The molecule has 0 saturated heterocycles. The van der Waals surface area contributed by atoms with Gasteiger partial charge in [-0.1, -0.05) is 13.8 Å². The molecule has 0 spiro atoms. The fourth-order valence-electron chi connectivity index (χ4n) is 0.925. The highest BCUT2D eigenvalue weighted by molar-refractivity contribution is 5.85. The van der Waals surface area contributed by atoms with Crippen LogP contribution in [0.2, 0.25) is 0 Å². The van der Waals surface area contributed by atoms with Gasteiger partial charge in [0, 0.05) is 14.1 Å². The van der Waals surface area contributed by atoms with Crippen molar-refractivity contribution >= 4 is 12.0 Å². The first kappa shape index (κ1) is 11.7. The zero-order valence-electron chi connectivity index (χ0n) is 8.37. The van der Waals surface area contributed by atoms with Crippen LogP contribution in [0.25, 0.3) is 0 Å². The van der Waals surface area contributed by atoms with Crippen LogP contribution in [0.4, 0.5) is 4.79 Å². The smallest absolute Gasteiger partial charge is 0.405 e. The topological polar surface area (TPSA) is 69.6 Å². The van der Waals surface area contributed by atoms with E-state index >= 15 is 0 Å². The molecule has 13 heavy (non-hydrogen) atoms. The van der Waals surface area contributed by atoms with Gasteiger partial charge in [-0.3, -0.25) is 4.79 Å². The number of amides is 2. The molecule has 0 fully saturated rings. The van der Waals surface area contributed by atoms with Crippen molar-refractivity contribution in [2.24, 2.45) is 5.92 Å². The zero-order chi connectivity index (χ0) is 10.6. The first-order valence-corrected chi connectivity index (χ1v) is 4.07. The van der Waals surface area contributed by atoms with Crippen LogP contribution in [0.3, 0.4) is 0 Å². The van der Waals surface area contributed by atoms with Crippen molar-refractivity contribution in [2.75, 3.05) is 14.1 Å². The van der Waals surface area contributed by atoms with E-state index in [0.29, 0.717) is 0 Å². The van der Waals surface area contributed by atoms with E-state index in [0.717, 1.165) is 0 Å². The Kier molecular flexibility index (Phi) is 4.23. The lowest BCUT2D eigenvalue weighted by atomic mass is 10.0. The van der Waals surface area contributed by atoms with Crippen LogP contribution in [-0.2, 0) is 4.79 Å². The molecule has 0 aliphatic carbocycles. The van der Waals surface area contributed by atoms with Crippen molar-refractivity contribution in [3.63, 3.8) is 0 Å². The van der Waals surface area contributed by atoms with E-state index in [1.807, 2.05) is 0 Å². The van der Waals surface area contributed by atoms with Gasteiger partial charge < -0.3 is 15.3 Å². The number of rotatable bonds is 3. The summed E-state index contributed by atoms with van der Waals surface area (Å²) in [7, 11) is 3.20. The van der Waals surface area contributed by atoms with E-state index in [2.05, 4.69) is 5.32 Å². The second kappa shape index (κ2) is 4.69. The summed E-state index contributed by atoms with van der Waals surface area (Å²) in [6.45, 7) is 3.59. The number of carbonyl (C=O) groups is 2. The molecule has 0 saturated carbocycles. The van der Waals surface area contributed by atoms with Crippen LogP contribution >= 0.6 is 0 Å². The van der Waals surface area contributed by atoms with Crippen molar-refractivity contribution < 1.29 is 14.7 Å². The van der Waals surface area contributed by atoms with Gasteiger partial charge >= 0.3 is 6.09 Å². The molecule has 1 unspecified atom stereocenters. The second-order valence-corrected chi connectivity index (χ2v) is 3.40. The maximum Gasteiger partial charge on any atom is 0.405 e. The first-order valence-electron chi connectivity index (χ1n) is 4.07. The van der Waals surface area contributed by atoms with E-state index in [4.69, 9.17) is 5.11 Å². The molecule has 0 heterocycles. The summed E-state index contributed by atoms with van der Waals surface area (Å²) in [4.78, 5) is 23.2. The summed E-state index contributed by atoms with van der Waals surface area (Å²) < 4.78 is 0. The van der Waals surface area contributed by atoms with Crippen LogP contribution in [0, 0.1) is 5.92 Å². The Morgan fingerprint density at radius 1 is 1.31 bits per heavy atom. The Labute approximate surface area is 77.7 Å². The van der Waals surface area contributed by atoms with Crippen molar-refractivity contribution in [1.29, 1.82) is 0 Å². The summed E-state index contributed by atoms with van der Waals surface area (Å²) in [6.07, 6.45) is -1.17. The van der Waals surface area contributed by atoms with Gasteiger partial charge in [-0.05, 0) is 5.92 Å². The molecular weight excluding hydrogens is 172 g/mol. The third kappa shape index (κ3) is 3.78. The van der Waals surface area contributed by atoms with Crippen molar-refractivity contribution in [2.45, 2.75) is 19.9 Å². The normalized spacial score (nSPS) is 12.4. The van der Waals surface area contributed by atoms with Gasteiger partial charge in [0.05, 0.1) is 0 Å². The SMILES string of the molecule is CC(C)C(NC(=O)O)C(=O)N(C)C. The molecule has 0 aromatic carbocycles. The molecular formula is C8H16N2O3. The largest absolute Gasteiger partial charge is 0.465 e. The lowest BCUT2D eigenvalue weighted by molar-refractivity contribution is -0.131. The minimum absolute atomic E-state index is 0.0500. The van der Waals surface area contributed by atoms with Gasteiger partial charge in [-0.25, -0.2) is 4.79 Å². The van der Waals surface area contributed by atoms with Crippen molar-refractivity contribution in [3.8, 4) is 0 Å². The highest BCUT2D eigenvalue weighted by atomic mass is 16.4. The minimum atomic E-state index is -1.17. The van der Waals surface area contributed by atoms with Gasteiger partial charge in [0.2, 0.25) is 5.91 Å². The molecule has 0 aromatic rings. The van der Waals surface area contributed by atoms with Gasteiger partial charge in [0.25, 0.3) is 0 Å². The molecule has 1 atom stereocenters. The Morgan fingerprint density at radius 2 is 1.77 bits per heavy atom. The Hall–Kier alpha value is -1.26. The van der Waals surface area contributed by atoms with Gasteiger partial charge in [-0.2, -0.15) is 0 Å². The second-order valence-electron chi connectivity index (χ2n) is 3.40. The van der Waals surface area contributed by atoms with Gasteiger partial charge in [0.15, 0.2) is 0 Å². The molecule has 2 amide bonds. The maximum atomic E-state index is 11.4. The molecule has 0 radical (unpaired) electrons. The number of likely N-dealkylation sites (N-methyl/N-ethyl adjacent to an activating group) is 1. The van der Waals surface area contributed by atoms with E-state index < -0.39 is 12.1 Å². The predicted octanol–water partition coefficient (Wildman–Crippen LogP) is 0.367. The Morgan fingerprint density at radius 3 is 2.00 bits per heavy atom. The quantitative estimate of drug-likeness (QED) is 0.672. The maximum absolute atomic E-state index is 11.4. The third-order valence-electron chi connectivity index (χ3n) is 1.65. The fourth-order valence-corrected chi connectivity index (χ4v) is 0.925. The monoisotopic (exact) mass is 188 g/mol. The highest BCUT2D eigenvalue weighted by Gasteiger charge is 2.24. The standard InChI is InChI=1S/C8H16N2O3/c1-5(2)6(9-8(12)13)7(11)10(3)4/h5-6,9H,1-4H3,(H,12,13). The van der Waals surface area contributed by atoms with Crippen LogP contribution in [0.15, 0.2) is 0 Å². The van der Waals surface area contributed by atoms with Gasteiger partial charge in [-0.15, -0.1) is 0 Å². The fraction of sp³-hybridized carbons (Fsp3) is 0.750. The van der Waals surface area contributed by atoms with Crippen LogP contribution < -0.4 is 5.32 Å². The molecule has 0 aliphatic rings. The zero-order valence-corrected chi connectivity index (χ0v) is 8.37. The number of carbonyl (C=O) groups excluding carboxylic acids is 1. The van der Waals surface area contributed by atoms with E-state index in [-0.39, 0.29) is 11.8 Å². The van der Waals surface area contributed by atoms with E-state index in [1.54, 1.807) is 27.9 Å². The molecule has 2 N–H and O–H groups in total. The molecule has 5 heteroatoms. The number of carboxylic acid groups (broad SMARTS) is 1. The average Bonchev–Trinajstić information content (AvgIpc) is 1.97. The van der Waals surface area contributed by atoms with Crippen molar-refractivity contribution in [3.05, 3.63) is 0 Å². The summed E-state index contributed by atoms with van der Waals surface area (Å²) in [5.74, 6) is -0.275. The van der Waals surface area contributed by atoms with Crippen LogP contribution in [0.5, 0.6) is 0 Å². The third-order valence-corrected chi connectivity index (χ3v) is 1.65. The van der Waals surface area contributed by atoms with E-state index in [9.17, 15) is 9.59 Å². The molecule has 0 aliphatic heterocycles. The lowest BCUT2D eigenvalue weighted by Gasteiger charge is -2.23. The number of nitrogens with zero attached hydrogens (tertiary/aromatic N) is 1. The van der Waals surface area contributed by atoms with Crippen molar-refractivity contribution in [1.82, 2.24) is 10.2 Å². The van der Waals surface area contributed by atoms with Gasteiger partial charge in [0.1, 0.15) is 6.04 Å². The number of hydrogen-bond acceptors (Lipinski definition) is 2. The highest BCUT2D eigenvalue weighted by Crippen LogP contribution is 2.03. The minimum Gasteiger partial charge on any atom is -0.465 e. The summed E-state index contributed by atoms with van der Waals surface area (Å²) in [5, 5.41) is 10.7. The number of nitrogens with one attached hydrogen (secondary N) is 1. The molecule has 5 nitrogen and oxygen atoms in total. The molecule has 76 valence electrons. The summed E-state index contributed by atoms with van der Waals surface area (Å²) in [5.41, 5.74) is 0. The van der Waals surface area contributed by atoms with E-state index in [1.165, 1.54) is 4.90 Å². The molecule has 0 aromatic heterocycles. The lowest BCUT2D eigenvalue weighted by Crippen LogP contribution is -2.48. The molecule has 0 bridgehead atoms. The summed E-state index contributed by atoms with van der Waals surface area (Å²) in [6, 6.07) is -0.660. The predicted molar refractivity (Wildman–Crippen MR) is 48.5 cm³/mol. The average molecular weight is 188 g/mol. The Balaban J connectivity index is 4.42. The van der Waals surface area contributed by atoms with Crippen LogP contribution in [-0.4, -0.2) is 42.1 Å². The summed E-state index contributed by atoms with van der Waals surface area (Å²) >= 11 is 0. The Bertz CT molecular complexity index is 202. The first-order chi connectivity index (χ1) is 5.86. The molecule has 0 rings (SSSR count). The number of hydrogen-bond donors (Lipinski definition) is 2.